The first-order valence-corrected chi connectivity index (χ1v) is 9.31. The highest BCUT2D eigenvalue weighted by atomic mass is 16.5. The number of carbonyl (C=O) groups is 1. The summed E-state index contributed by atoms with van der Waals surface area (Å²) < 4.78 is 10.5. The third-order valence-electron chi connectivity index (χ3n) is 4.69. The van der Waals surface area contributed by atoms with Crippen LogP contribution in [-0.2, 0) is 11.2 Å². The van der Waals surface area contributed by atoms with Crippen LogP contribution in [-0.4, -0.2) is 20.1 Å². The van der Waals surface area contributed by atoms with E-state index in [9.17, 15) is 4.79 Å². The molecule has 0 unspecified atom stereocenters. The molecule has 3 aromatic rings. The van der Waals surface area contributed by atoms with Crippen LogP contribution in [0.2, 0.25) is 0 Å². The standard InChI is InChI=1S/C24H25NO3/c1-27-21-13-9-19(10-14-21)24(20-11-15-22(28-2)16-12-20)25-23(26)17-8-18-6-4-3-5-7-18/h3-7,9-16,24H,8,17H2,1-2H3,(H,25,26). The molecule has 0 radical (unpaired) electrons. The molecule has 0 saturated heterocycles. The van der Waals surface area contributed by atoms with E-state index < -0.39 is 0 Å². The number of rotatable bonds is 8. The highest BCUT2D eigenvalue weighted by molar-refractivity contribution is 5.77. The Morgan fingerprint density at radius 3 is 1.75 bits per heavy atom. The van der Waals surface area contributed by atoms with Gasteiger partial charge in [-0.05, 0) is 47.4 Å². The molecule has 0 fully saturated rings. The summed E-state index contributed by atoms with van der Waals surface area (Å²) in [5, 5.41) is 3.17. The third-order valence-corrected chi connectivity index (χ3v) is 4.69. The van der Waals surface area contributed by atoms with Crippen molar-refractivity contribution in [2.45, 2.75) is 18.9 Å². The molecule has 0 bridgehead atoms. The summed E-state index contributed by atoms with van der Waals surface area (Å²) in [4.78, 5) is 12.7. The first-order chi connectivity index (χ1) is 13.7. The van der Waals surface area contributed by atoms with Gasteiger partial charge in [-0.2, -0.15) is 0 Å². The molecule has 0 spiro atoms. The maximum Gasteiger partial charge on any atom is 0.221 e. The molecule has 0 atom stereocenters. The van der Waals surface area contributed by atoms with Crippen molar-refractivity contribution in [2.24, 2.45) is 0 Å². The average Bonchev–Trinajstić information content (AvgIpc) is 2.77. The van der Waals surface area contributed by atoms with Crippen molar-refractivity contribution in [3.8, 4) is 11.5 Å². The van der Waals surface area contributed by atoms with E-state index in [0.717, 1.165) is 28.2 Å². The van der Waals surface area contributed by atoms with Gasteiger partial charge in [0.15, 0.2) is 0 Å². The van der Waals surface area contributed by atoms with Crippen LogP contribution >= 0.6 is 0 Å². The molecule has 1 N–H and O–H groups in total. The van der Waals surface area contributed by atoms with Crippen molar-refractivity contribution in [2.75, 3.05) is 14.2 Å². The van der Waals surface area contributed by atoms with Crippen molar-refractivity contribution in [1.82, 2.24) is 5.32 Å². The van der Waals surface area contributed by atoms with Gasteiger partial charge in [0, 0.05) is 6.42 Å². The van der Waals surface area contributed by atoms with Gasteiger partial charge in [0.2, 0.25) is 5.91 Å². The van der Waals surface area contributed by atoms with E-state index in [1.54, 1.807) is 14.2 Å². The van der Waals surface area contributed by atoms with E-state index in [-0.39, 0.29) is 11.9 Å². The number of aryl methyl sites for hydroxylation is 1. The Kier molecular flexibility index (Phi) is 6.68. The van der Waals surface area contributed by atoms with Gasteiger partial charge in [-0.25, -0.2) is 0 Å². The van der Waals surface area contributed by atoms with Crippen molar-refractivity contribution >= 4 is 5.91 Å². The lowest BCUT2D eigenvalue weighted by Gasteiger charge is -2.20. The molecule has 4 heteroatoms. The van der Waals surface area contributed by atoms with Gasteiger partial charge >= 0.3 is 0 Å². The van der Waals surface area contributed by atoms with Crippen LogP contribution in [0.15, 0.2) is 78.9 Å². The number of methoxy groups -OCH3 is 2. The van der Waals surface area contributed by atoms with Crippen molar-refractivity contribution < 1.29 is 14.3 Å². The van der Waals surface area contributed by atoms with Crippen LogP contribution in [0.3, 0.4) is 0 Å². The summed E-state index contributed by atoms with van der Waals surface area (Å²) in [6.07, 6.45) is 1.15. The number of nitrogens with one attached hydrogen (secondary N) is 1. The predicted molar refractivity (Wildman–Crippen MR) is 111 cm³/mol. The molecule has 0 aliphatic heterocycles. The summed E-state index contributed by atoms with van der Waals surface area (Å²) in [7, 11) is 3.28. The minimum Gasteiger partial charge on any atom is -0.497 e. The number of hydrogen-bond donors (Lipinski definition) is 1. The molecule has 3 aromatic carbocycles. The van der Waals surface area contributed by atoms with Crippen LogP contribution < -0.4 is 14.8 Å². The smallest absolute Gasteiger partial charge is 0.221 e. The Labute approximate surface area is 166 Å². The Hall–Kier alpha value is -3.27. The highest BCUT2D eigenvalue weighted by Crippen LogP contribution is 2.26. The number of ether oxygens (including phenoxy) is 2. The number of hydrogen-bond acceptors (Lipinski definition) is 3. The average molecular weight is 375 g/mol. The van der Waals surface area contributed by atoms with Gasteiger partial charge in [0.1, 0.15) is 11.5 Å². The maximum absolute atomic E-state index is 12.7. The molecule has 0 aromatic heterocycles. The number of amides is 1. The zero-order valence-electron chi connectivity index (χ0n) is 16.2. The molecular weight excluding hydrogens is 350 g/mol. The molecular formula is C24H25NO3. The van der Waals surface area contributed by atoms with Crippen molar-refractivity contribution in [1.29, 1.82) is 0 Å². The zero-order valence-corrected chi connectivity index (χ0v) is 16.2. The maximum atomic E-state index is 12.7. The number of benzene rings is 3. The lowest BCUT2D eigenvalue weighted by atomic mass is 9.98. The van der Waals surface area contributed by atoms with Gasteiger partial charge in [-0.15, -0.1) is 0 Å². The van der Waals surface area contributed by atoms with Crippen molar-refractivity contribution in [3.63, 3.8) is 0 Å². The summed E-state index contributed by atoms with van der Waals surface area (Å²) >= 11 is 0. The van der Waals surface area contributed by atoms with Crippen LogP contribution in [0.5, 0.6) is 11.5 Å². The molecule has 28 heavy (non-hydrogen) atoms. The lowest BCUT2D eigenvalue weighted by molar-refractivity contribution is -0.121. The van der Waals surface area contributed by atoms with Gasteiger partial charge in [0.05, 0.1) is 20.3 Å². The molecule has 0 aliphatic carbocycles. The van der Waals surface area contributed by atoms with E-state index in [4.69, 9.17) is 9.47 Å². The lowest BCUT2D eigenvalue weighted by Crippen LogP contribution is -2.29. The Morgan fingerprint density at radius 2 is 1.29 bits per heavy atom. The molecule has 1 amide bonds. The second kappa shape index (κ2) is 9.60. The van der Waals surface area contributed by atoms with E-state index in [1.165, 1.54) is 0 Å². The summed E-state index contributed by atoms with van der Waals surface area (Å²) in [5.74, 6) is 1.58. The summed E-state index contributed by atoms with van der Waals surface area (Å²) in [6, 6.07) is 25.3. The van der Waals surface area contributed by atoms with E-state index in [2.05, 4.69) is 5.32 Å². The molecule has 3 rings (SSSR count). The SMILES string of the molecule is COc1ccc(C(NC(=O)CCc2ccccc2)c2ccc(OC)cc2)cc1. The van der Waals surface area contributed by atoms with E-state index >= 15 is 0 Å². The normalized spacial score (nSPS) is 10.5. The third kappa shape index (κ3) is 5.13. The second-order valence-corrected chi connectivity index (χ2v) is 6.53. The van der Waals surface area contributed by atoms with Gasteiger partial charge in [-0.1, -0.05) is 54.6 Å². The minimum absolute atomic E-state index is 0.0143. The van der Waals surface area contributed by atoms with E-state index in [1.807, 2.05) is 78.9 Å². The largest absolute Gasteiger partial charge is 0.497 e. The highest BCUT2D eigenvalue weighted by Gasteiger charge is 2.17. The Morgan fingerprint density at radius 1 is 0.786 bits per heavy atom. The molecule has 4 nitrogen and oxygen atoms in total. The van der Waals surface area contributed by atoms with Gasteiger partial charge in [-0.3, -0.25) is 4.79 Å². The predicted octanol–water partition coefficient (Wildman–Crippen LogP) is 4.54. The zero-order chi connectivity index (χ0) is 19.8. The topological polar surface area (TPSA) is 47.6 Å². The molecule has 0 heterocycles. The Bertz CT molecular complexity index is 826. The van der Waals surface area contributed by atoms with Crippen LogP contribution in [0, 0.1) is 0 Å². The van der Waals surface area contributed by atoms with Gasteiger partial charge in [0.25, 0.3) is 0 Å². The fourth-order valence-corrected chi connectivity index (χ4v) is 3.09. The van der Waals surface area contributed by atoms with Gasteiger partial charge < -0.3 is 14.8 Å². The fraction of sp³-hybridized carbons (Fsp3) is 0.208. The monoisotopic (exact) mass is 375 g/mol. The van der Waals surface area contributed by atoms with Crippen LogP contribution in [0.25, 0.3) is 0 Å². The van der Waals surface area contributed by atoms with Crippen LogP contribution in [0.4, 0.5) is 0 Å². The van der Waals surface area contributed by atoms with Crippen molar-refractivity contribution in [3.05, 3.63) is 95.6 Å². The van der Waals surface area contributed by atoms with E-state index in [0.29, 0.717) is 12.8 Å². The minimum atomic E-state index is -0.236. The first kappa shape index (κ1) is 19.5. The quantitative estimate of drug-likeness (QED) is 0.629. The number of carbonyl (C=O) groups excluding carboxylic acids is 1. The Balaban J connectivity index is 1.77. The summed E-state index contributed by atoms with van der Waals surface area (Å²) in [6.45, 7) is 0. The second-order valence-electron chi connectivity index (χ2n) is 6.53. The fourth-order valence-electron chi connectivity index (χ4n) is 3.09. The molecule has 0 saturated carbocycles. The summed E-state index contributed by atoms with van der Waals surface area (Å²) in [5.41, 5.74) is 3.15. The van der Waals surface area contributed by atoms with Crippen LogP contribution in [0.1, 0.15) is 29.2 Å². The molecule has 0 aliphatic rings. The first-order valence-electron chi connectivity index (χ1n) is 9.31. The molecule has 144 valence electrons.